The number of ether oxygens (including phenoxy) is 1. The fourth-order valence-electron chi connectivity index (χ4n) is 3.26. The number of aromatic nitrogens is 2. The number of carboxylic acid groups (broad SMARTS) is 1. The highest BCUT2D eigenvalue weighted by Gasteiger charge is 2.37. The van der Waals surface area contributed by atoms with E-state index in [-0.39, 0.29) is 17.6 Å². The number of para-hydroxylation sites is 1. The van der Waals surface area contributed by atoms with Crippen LogP contribution in [0, 0.1) is 5.92 Å². The molecule has 1 N–H and O–H groups in total. The molecule has 1 aromatic heterocycles. The van der Waals surface area contributed by atoms with Gasteiger partial charge in [0, 0.05) is 12.6 Å². The first-order valence-electron chi connectivity index (χ1n) is 8.25. The van der Waals surface area contributed by atoms with E-state index in [9.17, 15) is 14.7 Å². The Hall–Kier alpha value is -2.83. The second-order valence-electron chi connectivity index (χ2n) is 6.15. The molecule has 0 spiro atoms. The van der Waals surface area contributed by atoms with Gasteiger partial charge >= 0.3 is 5.97 Å². The van der Waals surface area contributed by atoms with Crippen molar-refractivity contribution >= 4 is 11.9 Å². The summed E-state index contributed by atoms with van der Waals surface area (Å²) >= 11 is 0. The van der Waals surface area contributed by atoms with Gasteiger partial charge in [0.15, 0.2) is 11.4 Å². The Morgan fingerprint density at radius 1 is 1.28 bits per heavy atom. The maximum atomic E-state index is 13.0. The number of hydrogen-bond donors (Lipinski definition) is 1. The minimum atomic E-state index is -0.869. The second-order valence-corrected chi connectivity index (χ2v) is 6.15. The van der Waals surface area contributed by atoms with Crippen LogP contribution in [0.1, 0.15) is 30.3 Å². The SMILES string of the molecule is COc1cn(-c2ccccc2)nc1C(=O)N1CCC[C@H](C(=O)O)[C@@H]1C. The molecule has 1 amide bonds. The van der Waals surface area contributed by atoms with Crippen molar-refractivity contribution in [2.75, 3.05) is 13.7 Å². The first-order chi connectivity index (χ1) is 12.0. The van der Waals surface area contributed by atoms with Gasteiger partial charge in [-0.25, -0.2) is 4.68 Å². The van der Waals surface area contributed by atoms with E-state index in [0.29, 0.717) is 25.1 Å². The molecule has 0 unspecified atom stereocenters. The summed E-state index contributed by atoms with van der Waals surface area (Å²) in [6.45, 7) is 2.29. The van der Waals surface area contributed by atoms with Gasteiger partial charge in [0.05, 0.1) is 24.9 Å². The number of carbonyl (C=O) groups is 2. The molecule has 0 radical (unpaired) electrons. The Bertz CT molecular complexity index is 772. The van der Waals surface area contributed by atoms with Gasteiger partial charge in [-0.15, -0.1) is 0 Å². The molecule has 3 rings (SSSR count). The highest BCUT2D eigenvalue weighted by molar-refractivity contribution is 5.95. The third-order valence-corrected chi connectivity index (χ3v) is 4.69. The molecule has 1 aliphatic heterocycles. The smallest absolute Gasteiger partial charge is 0.308 e. The molecule has 2 heterocycles. The Morgan fingerprint density at radius 3 is 2.64 bits per heavy atom. The van der Waals surface area contributed by atoms with Crippen LogP contribution >= 0.6 is 0 Å². The minimum Gasteiger partial charge on any atom is -0.493 e. The number of benzene rings is 1. The molecule has 0 saturated carbocycles. The summed E-state index contributed by atoms with van der Waals surface area (Å²) in [6.07, 6.45) is 2.90. The predicted molar refractivity (Wildman–Crippen MR) is 91.0 cm³/mol. The Kier molecular flexibility index (Phi) is 4.74. The van der Waals surface area contributed by atoms with Crippen LogP contribution in [0.25, 0.3) is 5.69 Å². The van der Waals surface area contributed by atoms with Gasteiger partial charge < -0.3 is 14.7 Å². The van der Waals surface area contributed by atoms with Crippen LogP contribution in [0.15, 0.2) is 36.5 Å². The molecule has 132 valence electrons. The van der Waals surface area contributed by atoms with E-state index in [1.54, 1.807) is 22.7 Å². The van der Waals surface area contributed by atoms with Crippen LogP contribution in [0.5, 0.6) is 5.75 Å². The van der Waals surface area contributed by atoms with Crippen molar-refractivity contribution in [1.29, 1.82) is 0 Å². The summed E-state index contributed by atoms with van der Waals surface area (Å²) in [5, 5.41) is 13.7. The summed E-state index contributed by atoms with van der Waals surface area (Å²) in [5.41, 5.74) is 1.01. The number of carbonyl (C=O) groups excluding carboxylic acids is 1. The number of rotatable bonds is 4. The maximum absolute atomic E-state index is 13.0. The van der Waals surface area contributed by atoms with E-state index in [0.717, 1.165) is 5.69 Å². The first kappa shape index (κ1) is 17.0. The lowest BCUT2D eigenvalue weighted by Crippen LogP contribution is -2.49. The second kappa shape index (κ2) is 6.96. The van der Waals surface area contributed by atoms with Gasteiger partial charge in [-0.2, -0.15) is 5.10 Å². The summed E-state index contributed by atoms with van der Waals surface area (Å²) in [5.74, 6) is -1.35. The zero-order valence-electron chi connectivity index (χ0n) is 14.3. The van der Waals surface area contributed by atoms with Crippen molar-refractivity contribution in [3.05, 3.63) is 42.2 Å². The van der Waals surface area contributed by atoms with Gasteiger partial charge in [-0.05, 0) is 31.9 Å². The molecule has 1 aromatic carbocycles. The molecule has 1 fully saturated rings. The average molecular weight is 343 g/mol. The lowest BCUT2D eigenvalue weighted by atomic mass is 9.90. The Morgan fingerprint density at radius 2 is 2.00 bits per heavy atom. The quantitative estimate of drug-likeness (QED) is 0.920. The fraction of sp³-hybridized carbons (Fsp3) is 0.389. The highest BCUT2D eigenvalue weighted by Crippen LogP contribution is 2.28. The van der Waals surface area contributed by atoms with Crippen LogP contribution in [0.4, 0.5) is 0 Å². The number of carboxylic acids is 1. The van der Waals surface area contributed by atoms with E-state index >= 15 is 0 Å². The van der Waals surface area contributed by atoms with E-state index in [2.05, 4.69) is 5.10 Å². The lowest BCUT2D eigenvalue weighted by Gasteiger charge is -2.37. The zero-order valence-corrected chi connectivity index (χ0v) is 14.3. The maximum Gasteiger partial charge on any atom is 0.308 e. The third kappa shape index (κ3) is 3.22. The molecule has 0 bridgehead atoms. The number of amides is 1. The van der Waals surface area contributed by atoms with Gasteiger partial charge in [-0.1, -0.05) is 18.2 Å². The van der Waals surface area contributed by atoms with Gasteiger partial charge in [0.1, 0.15) is 0 Å². The molecule has 2 atom stereocenters. The van der Waals surface area contributed by atoms with Crippen LogP contribution in [-0.4, -0.2) is 51.4 Å². The van der Waals surface area contributed by atoms with E-state index < -0.39 is 11.9 Å². The van der Waals surface area contributed by atoms with Crippen LogP contribution in [0.2, 0.25) is 0 Å². The highest BCUT2D eigenvalue weighted by atomic mass is 16.5. The largest absolute Gasteiger partial charge is 0.493 e. The standard InChI is InChI=1S/C18H21N3O4/c1-12-14(18(23)24)9-6-10-20(12)17(22)16-15(25-2)11-21(19-16)13-7-4-3-5-8-13/h3-5,7-8,11-12,14H,6,9-10H2,1-2H3,(H,23,24)/t12-,14-/m0/s1. The number of methoxy groups -OCH3 is 1. The summed E-state index contributed by atoms with van der Waals surface area (Å²) in [4.78, 5) is 26.0. The van der Waals surface area contributed by atoms with Crippen molar-refractivity contribution in [3.8, 4) is 11.4 Å². The molecule has 1 aliphatic rings. The topological polar surface area (TPSA) is 84.7 Å². The molecule has 0 aliphatic carbocycles. The van der Waals surface area contributed by atoms with E-state index in [1.807, 2.05) is 30.3 Å². The molecular formula is C18H21N3O4. The van der Waals surface area contributed by atoms with Crippen LogP contribution in [-0.2, 0) is 4.79 Å². The van der Waals surface area contributed by atoms with Gasteiger partial charge in [0.2, 0.25) is 0 Å². The zero-order chi connectivity index (χ0) is 18.0. The van der Waals surface area contributed by atoms with Crippen molar-refractivity contribution in [2.24, 2.45) is 5.92 Å². The fourth-order valence-corrected chi connectivity index (χ4v) is 3.26. The monoisotopic (exact) mass is 343 g/mol. The Balaban J connectivity index is 1.91. The van der Waals surface area contributed by atoms with Gasteiger partial charge in [0.25, 0.3) is 5.91 Å². The predicted octanol–water partition coefficient (Wildman–Crippen LogP) is 2.21. The van der Waals surface area contributed by atoms with E-state index in [4.69, 9.17) is 4.74 Å². The average Bonchev–Trinajstić information content (AvgIpc) is 3.06. The van der Waals surface area contributed by atoms with Crippen molar-refractivity contribution < 1.29 is 19.4 Å². The molecule has 7 nitrogen and oxygen atoms in total. The molecular weight excluding hydrogens is 322 g/mol. The number of nitrogens with zero attached hydrogens (tertiary/aromatic N) is 3. The summed E-state index contributed by atoms with van der Waals surface area (Å²) in [7, 11) is 1.49. The lowest BCUT2D eigenvalue weighted by molar-refractivity contribution is -0.144. The molecule has 1 saturated heterocycles. The molecule has 2 aromatic rings. The van der Waals surface area contributed by atoms with Gasteiger partial charge in [-0.3, -0.25) is 9.59 Å². The first-order valence-corrected chi connectivity index (χ1v) is 8.25. The number of aliphatic carboxylic acids is 1. The van der Waals surface area contributed by atoms with Crippen molar-refractivity contribution in [1.82, 2.24) is 14.7 Å². The summed E-state index contributed by atoms with van der Waals surface area (Å²) in [6, 6.07) is 9.04. The third-order valence-electron chi connectivity index (χ3n) is 4.69. The summed E-state index contributed by atoms with van der Waals surface area (Å²) < 4.78 is 6.91. The van der Waals surface area contributed by atoms with Crippen LogP contribution in [0.3, 0.4) is 0 Å². The van der Waals surface area contributed by atoms with E-state index in [1.165, 1.54) is 7.11 Å². The number of piperidine rings is 1. The van der Waals surface area contributed by atoms with Crippen LogP contribution < -0.4 is 4.74 Å². The molecule has 7 heteroatoms. The van der Waals surface area contributed by atoms with Crippen molar-refractivity contribution in [2.45, 2.75) is 25.8 Å². The minimum absolute atomic E-state index is 0.198. The normalized spacial score (nSPS) is 20.3. The number of likely N-dealkylation sites (tertiary alicyclic amines) is 1. The Labute approximate surface area is 145 Å². The number of hydrogen-bond acceptors (Lipinski definition) is 4. The molecule has 25 heavy (non-hydrogen) atoms. The van der Waals surface area contributed by atoms with Crippen molar-refractivity contribution in [3.63, 3.8) is 0 Å².